The average Bonchev–Trinajstić information content (AvgIpc) is 2.75. The van der Waals surface area contributed by atoms with Crippen molar-refractivity contribution in [2.75, 3.05) is 0 Å². The van der Waals surface area contributed by atoms with E-state index in [0.717, 1.165) is 15.8 Å². The number of nitrogens with one attached hydrogen (secondary N) is 1. The molecule has 6 heteroatoms. The minimum atomic E-state index is -0.116. The van der Waals surface area contributed by atoms with Crippen molar-refractivity contribution in [3.05, 3.63) is 55.8 Å². The number of benzene rings is 1. The molecule has 0 bridgehead atoms. The highest BCUT2D eigenvalue weighted by molar-refractivity contribution is 9.10. The maximum Gasteiger partial charge on any atom is 0.169 e. The zero-order valence-corrected chi connectivity index (χ0v) is 13.2. The van der Waals surface area contributed by atoms with Crippen molar-refractivity contribution in [2.45, 2.75) is 12.5 Å². The standard InChI is InChI=1S/C12H11Br2ClN2O/c13-8-2-1-7(9(15)6-8)5-10(17-16)11-3-4-12(14)18-11/h1-4,6,10,17H,5,16H2. The van der Waals surface area contributed by atoms with Crippen molar-refractivity contribution in [2.24, 2.45) is 5.84 Å². The van der Waals surface area contributed by atoms with Gasteiger partial charge >= 0.3 is 0 Å². The van der Waals surface area contributed by atoms with Crippen LogP contribution in [0.3, 0.4) is 0 Å². The molecule has 18 heavy (non-hydrogen) atoms. The van der Waals surface area contributed by atoms with Crippen molar-refractivity contribution >= 4 is 43.5 Å². The molecule has 0 aliphatic carbocycles. The third-order valence-electron chi connectivity index (χ3n) is 2.58. The predicted molar refractivity (Wildman–Crippen MR) is 79.3 cm³/mol. The van der Waals surface area contributed by atoms with Crippen LogP contribution in [0.2, 0.25) is 5.02 Å². The number of hydrazine groups is 1. The average molecular weight is 394 g/mol. The lowest BCUT2D eigenvalue weighted by atomic mass is 10.0. The van der Waals surface area contributed by atoms with Gasteiger partial charge in [-0.05, 0) is 52.2 Å². The fourth-order valence-corrected chi connectivity index (χ4v) is 2.73. The van der Waals surface area contributed by atoms with Crippen molar-refractivity contribution in [3.63, 3.8) is 0 Å². The molecule has 0 saturated carbocycles. The minimum Gasteiger partial charge on any atom is -0.453 e. The van der Waals surface area contributed by atoms with Gasteiger partial charge in [-0.1, -0.05) is 33.6 Å². The van der Waals surface area contributed by atoms with E-state index in [4.69, 9.17) is 21.9 Å². The van der Waals surface area contributed by atoms with Crippen molar-refractivity contribution < 1.29 is 4.42 Å². The number of furan rings is 1. The number of rotatable bonds is 4. The van der Waals surface area contributed by atoms with E-state index in [1.54, 1.807) is 0 Å². The highest BCUT2D eigenvalue weighted by Crippen LogP contribution is 2.27. The fraction of sp³-hybridized carbons (Fsp3) is 0.167. The van der Waals surface area contributed by atoms with E-state index in [0.29, 0.717) is 16.1 Å². The van der Waals surface area contributed by atoms with E-state index >= 15 is 0 Å². The molecule has 0 saturated heterocycles. The number of hydrogen-bond donors (Lipinski definition) is 2. The molecule has 1 aromatic heterocycles. The zero-order chi connectivity index (χ0) is 13.1. The van der Waals surface area contributed by atoms with Crippen LogP contribution in [-0.2, 0) is 6.42 Å². The van der Waals surface area contributed by atoms with E-state index in [1.165, 1.54) is 0 Å². The van der Waals surface area contributed by atoms with Gasteiger partial charge in [0.25, 0.3) is 0 Å². The molecule has 3 nitrogen and oxygen atoms in total. The van der Waals surface area contributed by atoms with E-state index < -0.39 is 0 Å². The van der Waals surface area contributed by atoms with Crippen LogP contribution < -0.4 is 11.3 Å². The Balaban J connectivity index is 2.20. The van der Waals surface area contributed by atoms with Crippen LogP contribution in [0.5, 0.6) is 0 Å². The van der Waals surface area contributed by atoms with Gasteiger partial charge in [0.05, 0.1) is 6.04 Å². The van der Waals surface area contributed by atoms with Crippen LogP contribution in [-0.4, -0.2) is 0 Å². The Labute approximate surface area is 127 Å². The lowest BCUT2D eigenvalue weighted by molar-refractivity contribution is 0.405. The summed E-state index contributed by atoms with van der Waals surface area (Å²) in [5.41, 5.74) is 3.75. The molecule has 1 heterocycles. The Kier molecular flexibility index (Phi) is 4.86. The van der Waals surface area contributed by atoms with Crippen LogP contribution in [0.4, 0.5) is 0 Å². The monoisotopic (exact) mass is 392 g/mol. The summed E-state index contributed by atoms with van der Waals surface area (Å²) in [5, 5.41) is 0.704. The largest absolute Gasteiger partial charge is 0.453 e. The third-order valence-corrected chi connectivity index (χ3v) is 3.85. The molecule has 0 fully saturated rings. The summed E-state index contributed by atoms with van der Waals surface area (Å²) in [5.74, 6) is 6.33. The molecule has 0 radical (unpaired) electrons. The predicted octanol–water partition coefficient (Wildman–Crippen LogP) is 4.21. The Morgan fingerprint density at radius 1 is 1.28 bits per heavy atom. The molecular formula is C12H11Br2ClN2O. The number of nitrogens with two attached hydrogens (primary N) is 1. The molecule has 3 N–H and O–H groups in total. The van der Waals surface area contributed by atoms with Gasteiger partial charge in [-0.25, -0.2) is 5.43 Å². The Morgan fingerprint density at radius 3 is 2.61 bits per heavy atom. The van der Waals surface area contributed by atoms with Crippen LogP contribution in [0.25, 0.3) is 0 Å². The Bertz CT molecular complexity index is 545. The first-order valence-corrected chi connectivity index (χ1v) is 7.22. The van der Waals surface area contributed by atoms with Crippen LogP contribution in [0.15, 0.2) is 43.9 Å². The zero-order valence-electron chi connectivity index (χ0n) is 9.29. The van der Waals surface area contributed by atoms with E-state index in [-0.39, 0.29) is 6.04 Å². The Morgan fingerprint density at radius 2 is 2.06 bits per heavy atom. The first-order valence-electron chi connectivity index (χ1n) is 5.25. The third kappa shape index (κ3) is 3.36. The van der Waals surface area contributed by atoms with Gasteiger partial charge in [-0.3, -0.25) is 5.84 Å². The normalized spacial score (nSPS) is 12.7. The van der Waals surface area contributed by atoms with Crippen molar-refractivity contribution in [1.82, 2.24) is 5.43 Å². The lowest BCUT2D eigenvalue weighted by Crippen LogP contribution is -2.29. The topological polar surface area (TPSA) is 51.2 Å². The lowest BCUT2D eigenvalue weighted by Gasteiger charge is -2.14. The molecule has 1 unspecified atom stereocenters. The first-order chi connectivity index (χ1) is 8.60. The highest BCUT2D eigenvalue weighted by atomic mass is 79.9. The van der Waals surface area contributed by atoms with Gasteiger partial charge in [0.1, 0.15) is 5.76 Å². The van der Waals surface area contributed by atoms with Gasteiger partial charge in [-0.2, -0.15) is 0 Å². The number of hydrogen-bond acceptors (Lipinski definition) is 3. The second-order valence-corrected chi connectivity index (χ2v) is 5.91. The molecule has 96 valence electrons. The molecule has 0 aliphatic rings. The Hall–Kier alpha value is -0.330. The van der Waals surface area contributed by atoms with E-state index in [2.05, 4.69) is 37.3 Å². The summed E-state index contributed by atoms with van der Waals surface area (Å²) < 4.78 is 7.13. The summed E-state index contributed by atoms with van der Waals surface area (Å²) in [6.45, 7) is 0. The quantitative estimate of drug-likeness (QED) is 0.603. The molecule has 2 rings (SSSR count). The molecule has 0 aliphatic heterocycles. The molecule has 2 aromatic rings. The molecule has 1 atom stereocenters. The van der Waals surface area contributed by atoms with Gasteiger partial charge < -0.3 is 4.42 Å². The van der Waals surface area contributed by atoms with Gasteiger partial charge in [0.15, 0.2) is 4.67 Å². The van der Waals surface area contributed by atoms with Gasteiger partial charge in [0, 0.05) is 9.50 Å². The minimum absolute atomic E-state index is 0.116. The van der Waals surface area contributed by atoms with Gasteiger partial charge in [0.2, 0.25) is 0 Å². The second-order valence-electron chi connectivity index (χ2n) is 3.80. The van der Waals surface area contributed by atoms with Crippen LogP contribution in [0, 0.1) is 0 Å². The van der Waals surface area contributed by atoms with E-state index in [1.807, 2.05) is 30.3 Å². The first kappa shape index (κ1) is 14.1. The fourth-order valence-electron chi connectivity index (χ4n) is 1.66. The molecular weight excluding hydrogens is 383 g/mol. The number of halogens is 3. The molecule has 1 aromatic carbocycles. The summed E-state index contributed by atoms with van der Waals surface area (Å²) >= 11 is 12.8. The van der Waals surface area contributed by atoms with Crippen LogP contribution >= 0.6 is 43.5 Å². The molecule has 0 spiro atoms. The second kappa shape index (κ2) is 6.21. The SMILES string of the molecule is NNC(Cc1ccc(Br)cc1Cl)c1ccc(Br)o1. The maximum absolute atomic E-state index is 6.18. The molecule has 0 amide bonds. The summed E-state index contributed by atoms with van der Waals surface area (Å²) in [6, 6.07) is 9.38. The smallest absolute Gasteiger partial charge is 0.169 e. The summed E-state index contributed by atoms with van der Waals surface area (Å²) in [7, 11) is 0. The maximum atomic E-state index is 6.18. The van der Waals surface area contributed by atoms with Crippen LogP contribution in [0.1, 0.15) is 17.4 Å². The van der Waals surface area contributed by atoms with Gasteiger partial charge in [-0.15, -0.1) is 0 Å². The van der Waals surface area contributed by atoms with Crippen molar-refractivity contribution in [3.8, 4) is 0 Å². The summed E-state index contributed by atoms with van der Waals surface area (Å²) in [6.07, 6.45) is 0.655. The highest BCUT2D eigenvalue weighted by Gasteiger charge is 2.16. The van der Waals surface area contributed by atoms with E-state index in [9.17, 15) is 0 Å². The summed E-state index contributed by atoms with van der Waals surface area (Å²) in [4.78, 5) is 0. The van der Waals surface area contributed by atoms with Crippen molar-refractivity contribution in [1.29, 1.82) is 0 Å².